The molecule has 0 aliphatic rings. The standard InChI is InChI=1S/C23H25N3O3S/c1-16(2)18-7-5-17(6-8-18)9-11-25-21(27)14-29-22(28)12-20-15-30-23(26-20)19-4-3-10-24-13-19/h3-8,10,13,15-16H,9,11-12,14H2,1-2H3,(H,25,27). The van der Waals surface area contributed by atoms with Gasteiger partial charge in [0.2, 0.25) is 0 Å². The molecule has 0 radical (unpaired) electrons. The maximum atomic E-state index is 12.0. The molecule has 2 heterocycles. The lowest BCUT2D eigenvalue weighted by molar-refractivity contribution is -0.147. The van der Waals surface area contributed by atoms with E-state index in [0.29, 0.717) is 18.2 Å². The number of thiazole rings is 1. The average molecular weight is 424 g/mol. The molecule has 0 spiro atoms. The Morgan fingerprint density at radius 3 is 2.67 bits per heavy atom. The molecular weight excluding hydrogens is 398 g/mol. The molecular formula is C23H25N3O3S. The van der Waals surface area contributed by atoms with E-state index in [0.717, 1.165) is 22.6 Å². The summed E-state index contributed by atoms with van der Waals surface area (Å²) in [4.78, 5) is 32.4. The highest BCUT2D eigenvalue weighted by Crippen LogP contribution is 2.22. The Bertz CT molecular complexity index is 969. The molecule has 6 nitrogen and oxygen atoms in total. The second-order valence-electron chi connectivity index (χ2n) is 7.22. The highest BCUT2D eigenvalue weighted by molar-refractivity contribution is 7.13. The Morgan fingerprint density at radius 2 is 1.97 bits per heavy atom. The van der Waals surface area contributed by atoms with Crippen molar-refractivity contribution in [3.63, 3.8) is 0 Å². The van der Waals surface area contributed by atoms with E-state index in [1.807, 2.05) is 17.5 Å². The van der Waals surface area contributed by atoms with Crippen LogP contribution in [0.4, 0.5) is 0 Å². The third-order valence-corrected chi connectivity index (χ3v) is 5.47. The van der Waals surface area contributed by atoms with Gasteiger partial charge in [-0.2, -0.15) is 0 Å². The van der Waals surface area contributed by atoms with E-state index in [1.54, 1.807) is 12.4 Å². The molecule has 1 N–H and O–H groups in total. The zero-order valence-corrected chi connectivity index (χ0v) is 17.9. The number of aromatic nitrogens is 2. The van der Waals surface area contributed by atoms with E-state index in [-0.39, 0.29) is 18.9 Å². The number of ether oxygens (including phenoxy) is 1. The van der Waals surface area contributed by atoms with Crippen molar-refractivity contribution < 1.29 is 14.3 Å². The molecule has 0 bridgehead atoms. The van der Waals surface area contributed by atoms with Crippen LogP contribution in [0.25, 0.3) is 10.6 Å². The number of amides is 1. The van der Waals surface area contributed by atoms with Gasteiger partial charge >= 0.3 is 5.97 Å². The lowest BCUT2D eigenvalue weighted by Gasteiger charge is -2.08. The van der Waals surface area contributed by atoms with Crippen LogP contribution < -0.4 is 5.32 Å². The van der Waals surface area contributed by atoms with Gasteiger partial charge in [-0.3, -0.25) is 14.6 Å². The molecule has 1 amide bonds. The molecule has 0 unspecified atom stereocenters. The molecule has 2 aromatic heterocycles. The van der Waals surface area contributed by atoms with Crippen LogP contribution in [-0.2, 0) is 27.2 Å². The molecule has 7 heteroatoms. The molecule has 0 fully saturated rings. The van der Waals surface area contributed by atoms with E-state index in [2.05, 4.69) is 53.4 Å². The van der Waals surface area contributed by atoms with E-state index in [1.165, 1.54) is 16.9 Å². The van der Waals surface area contributed by atoms with Gasteiger partial charge in [-0.25, -0.2) is 4.98 Å². The number of esters is 1. The van der Waals surface area contributed by atoms with Gasteiger partial charge in [0.15, 0.2) is 6.61 Å². The summed E-state index contributed by atoms with van der Waals surface area (Å²) < 4.78 is 5.07. The zero-order chi connectivity index (χ0) is 21.3. The van der Waals surface area contributed by atoms with Gasteiger partial charge < -0.3 is 10.1 Å². The van der Waals surface area contributed by atoms with Gasteiger partial charge in [-0.1, -0.05) is 38.1 Å². The van der Waals surface area contributed by atoms with Crippen LogP contribution in [0.5, 0.6) is 0 Å². The van der Waals surface area contributed by atoms with Gasteiger partial charge in [0.25, 0.3) is 5.91 Å². The summed E-state index contributed by atoms with van der Waals surface area (Å²) in [5.74, 6) is -0.284. The summed E-state index contributed by atoms with van der Waals surface area (Å²) in [5, 5.41) is 5.39. The highest BCUT2D eigenvalue weighted by atomic mass is 32.1. The zero-order valence-electron chi connectivity index (χ0n) is 17.1. The molecule has 0 aliphatic carbocycles. The van der Waals surface area contributed by atoms with Crippen molar-refractivity contribution in [1.29, 1.82) is 0 Å². The van der Waals surface area contributed by atoms with E-state index < -0.39 is 5.97 Å². The number of nitrogens with zero attached hydrogens (tertiary/aromatic N) is 2. The topological polar surface area (TPSA) is 81.2 Å². The van der Waals surface area contributed by atoms with Crippen molar-refractivity contribution in [3.05, 3.63) is 71.0 Å². The van der Waals surface area contributed by atoms with Gasteiger partial charge in [0.1, 0.15) is 5.01 Å². The summed E-state index contributed by atoms with van der Waals surface area (Å²) >= 11 is 1.44. The maximum Gasteiger partial charge on any atom is 0.312 e. The van der Waals surface area contributed by atoms with Gasteiger partial charge in [0.05, 0.1) is 12.1 Å². The van der Waals surface area contributed by atoms with Crippen LogP contribution in [0.15, 0.2) is 54.2 Å². The Labute approximate surface area is 180 Å². The second kappa shape index (κ2) is 10.6. The van der Waals surface area contributed by atoms with Crippen LogP contribution in [0, 0.1) is 0 Å². The average Bonchev–Trinajstić information content (AvgIpc) is 3.22. The van der Waals surface area contributed by atoms with Crippen LogP contribution in [0.2, 0.25) is 0 Å². The first-order valence-corrected chi connectivity index (χ1v) is 10.7. The number of hydrogen-bond acceptors (Lipinski definition) is 6. The van der Waals surface area contributed by atoms with Gasteiger partial charge in [0, 0.05) is 29.9 Å². The summed E-state index contributed by atoms with van der Waals surface area (Å²) in [5.41, 5.74) is 3.97. The predicted molar refractivity (Wildman–Crippen MR) is 117 cm³/mol. The molecule has 156 valence electrons. The molecule has 3 rings (SSSR count). The number of carbonyl (C=O) groups excluding carboxylic acids is 2. The summed E-state index contributed by atoms with van der Waals surface area (Å²) in [7, 11) is 0. The number of pyridine rings is 1. The maximum absolute atomic E-state index is 12.0. The SMILES string of the molecule is CC(C)c1ccc(CCNC(=O)COC(=O)Cc2csc(-c3cccnc3)n2)cc1. The van der Waals surface area contributed by atoms with Gasteiger partial charge in [-0.05, 0) is 35.6 Å². The molecule has 30 heavy (non-hydrogen) atoms. The Hall–Kier alpha value is -3.06. The van der Waals surface area contributed by atoms with Crippen LogP contribution in [-0.4, -0.2) is 35.0 Å². The van der Waals surface area contributed by atoms with E-state index in [4.69, 9.17) is 4.74 Å². The second-order valence-corrected chi connectivity index (χ2v) is 8.08. The van der Waals surface area contributed by atoms with Crippen LogP contribution in [0.3, 0.4) is 0 Å². The van der Waals surface area contributed by atoms with Crippen molar-refractivity contribution in [2.24, 2.45) is 0 Å². The predicted octanol–water partition coefficient (Wildman–Crippen LogP) is 3.77. The number of rotatable bonds is 9. The largest absolute Gasteiger partial charge is 0.455 e. The smallest absolute Gasteiger partial charge is 0.312 e. The monoisotopic (exact) mass is 423 g/mol. The number of benzene rings is 1. The fourth-order valence-electron chi connectivity index (χ4n) is 2.82. The van der Waals surface area contributed by atoms with Crippen molar-refractivity contribution in [3.8, 4) is 10.6 Å². The third kappa shape index (κ3) is 6.49. The molecule has 0 saturated heterocycles. The van der Waals surface area contributed by atoms with Crippen molar-refractivity contribution >= 4 is 23.2 Å². The quantitative estimate of drug-likeness (QED) is 0.530. The minimum absolute atomic E-state index is 0.0340. The third-order valence-electron chi connectivity index (χ3n) is 4.53. The lowest BCUT2D eigenvalue weighted by Crippen LogP contribution is -2.30. The van der Waals surface area contributed by atoms with E-state index >= 15 is 0 Å². The van der Waals surface area contributed by atoms with Crippen LogP contribution >= 0.6 is 11.3 Å². The molecule has 0 saturated carbocycles. The van der Waals surface area contributed by atoms with Gasteiger partial charge in [-0.15, -0.1) is 11.3 Å². The number of nitrogens with one attached hydrogen (secondary N) is 1. The molecule has 0 atom stereocenters. The molecule has 3 aromatic rings. The van der Waals surface area contributed by atoms with E-state index in [9.17, 15) is 9.59 Å². The van der Waals surface area contributed by atoms with Crippen molar-refractivity contribution in [1.82, 2.24) is 15.3 Å². The number of hydrogen-bond donors (Lipinski definition) is 1. The van der Waals surface area contributed by atoms with Crippen molar-refractivity contribution in [2.75, 3.05) is 13.2 Å². The fourth-order valence-corrected chi connectivity index (χ4v) is 3.63. The Kier molecular flexibility index (Phi) is 7.68. The summed E-state index contributed by atoms with van der Waals surface area (Å²) in [6, 6.07) is 12.1. The minimum atomic E-state index is -0.475. The summed E-state index contributed by atoms with van der Waals surface area (Å²) in [6.45, 7) is 4.53. The fraction of sp³-hybridized carbons (Fsp3) is 0.304. The first-order chi connectivity index (χ1) is 14.5. The first-order valence-electron chi connectivity index (χ1n) is 9.87. The molecule has 0 aliphatic heterocycles. The summed E-state index contributed by atoms with van der Waals surface area (Å²) in [6.07, 6.45) is 4.19. The first kappa shape index (κ1) is 21.6. The minimum Gasteiger partial charge on any atom is -0.455 e. The normalized spacial score (nSPS) is 10.8. The molecule has 1 aromatic carbocycles. The van der Waals surface area contributed by atoms with Crippen LogP contribution in [0.1, 0.15) is 36.6 Å². The highest BCUT2D eigenvalue weighted by Gasteiger charge is 2.12. The Morgan fingerprint density at radius 1 is 1.17 bits per heavy atom. The lowest BCUT2D eigenvalue weighted by atomic mass is 10.0. The number of carbonyl (C=O) groups is 2. The van der Waals surface area contributed by atoms with Crippen molar-refractivity contribution in [2.45, 2.75) is 32.6 Å². The Balaban J connectivity index is 1.36.